The number of rotatable bonds is 7. The van der Waals surface area contributed by atoms with E-state index >= 15 is 0 Å². The van der Waals surface area contributed by atoms with Crippen LogP contribution in [0.15, 0.2) is 48.5 Å². The molecule has 2 aromatic rings. The number of hydrogen-bond acceptors (Lipinski definition) is 5. The lowest BCUT2D eigenvalue weighted by molar-refractivity contribution is -0.168. The summed E-state index contributed by atoms with van der Waals surface area (Å²) in [6.07, 6.45) is 0.203. The van der Waals surface area contributed by atoms with Gasteiger partial charge in [-0.1, -0.05) is 55.5 Å². The normalized spacial score (nSPS) is 22.1. The number of fused-ring (bicyclic) bond motifs is 3. The quantitative estimate of drug-likeness (QED) is 0.633. The highest BCUT2D eigenvalue weighted by atomic mass is 16.5. The monoisotopic (exact) mass is 478 g/mol. The Morgan fingerprint density at radius 2 is 1.71 bits per heavy atom. The van der Waals surface area contributed by atoms with Crippen LogP contribution in [-0.2, 0) is 19.1 Å². The van der Waals surface area contributed by atoms with Crippen LogP contribution in [-0.4, -0.2) is 66.9 Å². The maximum absolute atomic E-state index is 12.7. The molecule has 35 heavy (non-hydrogen) atoms. The lowest BCUT2D eigenvalue weighted by Gasteiger charge is -2.47. The minimum Gasteiger partial charge on any atom is -0.481 e. The minimum absolute atomic E-state index is 0.00421. The van der Waals surface area contributed by atoms with E-state index in [1.165, 1.54) is 11.1 Å². The van der Waals surface area contributed by atoms with Gasteiger partial charge in [0.25, 0.3) is 0 Å². The summed E-state index contributed by atoms with van der Waals surface area (Å²) in [6.45, 7) is 3.10. The Hall–Kier alpha value is -3.39. The molecule has 0 unspecified atom stereocenters. The van der Waals surface area contributed by atoms with Crippen molar-refractivity contribution in [2.75, 3.05) is 32.8 Å². The predicted octanol–water partition coefficient (Wildman–Crippen LogP) is 3.25. The second-order valence-electron chi connectivity index (χ2n) is 9.73. The van der Waals surface area contributed by atoms with E-state index in [2.05, 4.69) is 29.6 Å². The van der Waals surface area contributed by atoms with Gasteiger partial charge in [0.05, 0.1) is 18.6 Å². The summed E-state index contributed by atoms with van der Waals surface area (Å²) in [7, 11) is 0. The molecule has 0 aromatic heterocycles. The third-order valence-electron chi connectivity index (χ3n) is 7.68. The van der Waals surface area contributed by atoms with Gasteiger partial charge >= 0.3 is 12.1 Å². The number of amides is 2. The number of ether oxygens (including phenoxy) is 2. The molecule has 2 amide bonds. The number of carbonyl (C=O) groups excluding carboxylic acids is 2. The van der Waals surface area contributed by atoms with Crippen molar-refractivity contribution in [3.05, 3.63) is 59.7 Å². The molecule has 5 rings (SSSR count). The van der Waals surface area contributed by atoms with E-state index in [1.54, 1.807) is 4.90 Å². The fourth-order valence-electron chi connectivity index (χ4n) is 5.48. The van der Waals surface area contributed by atoms with Crippen LogP contribution >= 0.6 is 0 Å². The number of aliphatic carboxylic acids is 1. The smallest absolute Gasteiger partial charge is 0.407 e. The van der Waals surface area contributed by atoms with Gasteiger partial charge in [-0.3, -0.25) is 9.59 Å². The lowest BCUT2D eigenvalue weighted by atomic mass is 9.77. The maximum atomic E-state index is 12.7. The van der Waals surface area contributed by atoms with Gasteiger partial charge < -0.3 is 24.8 Å². The topological polar surface area (TPSA) is 105 Å². The van der Waals surface area contributed by atoms with Crippen molar-refractivity contribution in [3.8, 4) is 11.1 Å². The zero-order valence-electron chi connectivity index (χ0n) is 19.7. The zero-order valence-corrected chi connectivity index (χ0v) is 19.7. The van der Waals surface area contributed by atoms with Crippen LogP contribution in [0.2, 0.25) is 0 Å². The Kier molecular flexibility index (Phi) is 6.23. The first-order chi connectivity index (χ1) is 16.9. The molecule has 3 aliphatic rings. The molecule has 0 bridgehead atoms. The van der Waals surface area contributed by atoms with E-state index in [9.17, 15) is 19.5 Å². The number of carboxylic acids is 1. The number of carboxylic acid groups (broad SMARTS) is 1. The average Bonchev–Trinajstić information content (AvgIpc) is 3.44. The summed E-state index contributed by atoms with van der Waals surface area (Å²) in [5.74, 6) is -1.24. The van der Waals surface area contributed by atoms with Crippen molar-refractivity contribution in [2.45, 2.75) is 31.8 Å². The van der Waals surface area contributed by atoms with Crippen molar-refractivity contribution < 1.29 is 29.0 Å². The van der Waals surface area contributed by atoms with Crippen LogP contribution < -0.4 is 5.32 Å². The van der Waals surface area contributed by atoms with Gasteiger partial charge in [0.1, 0.15) is 12.0 Å². The van der Waals surface area contributed by atoms with E-state index in [0.29, 0.717) is 12.8 Å². The molecule has 2 fully saturated rings. The number of carbonyl (C=O) groups is 3. The molecule has 0 radical (unpaired) electrons. The molecule has 0 saturated carbocycles. The first kappa shape index (κ1) is 23.4. The molecule has 2 heterocycles. The standard InChI is InChI=1S/C27H30N2O6/c1-2-27(25(31)32)15-29(16-27)24(30)17-11-18(34-13-17)12-28-26(33)35-14-23-21-9-5-3-7-19(21)20-8-4-6-10-22(20)23/h3-10,17-18,23H,2,11-16H2,1H3,(H,28,33)(H,31,32)/t17-,18-/m0/s1. The fraction of sp³-hybridized carbons (Fsp3) is 0.444. The van der Waals surface area contributed by atoms with Crippen molar-refractivity contribution in [3.63, 3.8) is 0 Å². The summed E-state index contributed by atoms with van der Waals surface area (Å²) in [6, 6.07) is 16.3. The van der Waals surface area contributed by atoms with Crippen molar-refractivity contribution in [1.82, 2.24) is 10.2 Å². The molecule has 8 nitrogen and oxygen atoms in total. The third-order valence-corrected chi connectivity index (χ3v) is 7.68. The SMILES string of the molecule is CCC1(C(=O)O)CN(C(=O)[C@@H]2CO[C@H](CNC(=O)OCC3c4ccccc4-c4ccccc43)C2)C1. The van der Waals surface area contributed by atoms with Crippen molar-refractivity contribution >= 4 is 18.0 Å². The van der Waals surface area contributed by atoms with E-state index in [-0.39, 0.29) is 56.7 Å². The second-order valence-corrected chi connectivity index (χ2v) is 9.73. The van der Waals surface area contributed by atoms with Gasteiger partial charge in [0.15, 0.2) is 0 Å². The van der Waals surface area contributed by atoms with Gasteiger partial charge in [-0.05, 0) is 35.1 Å². The largest absolute Gasteiger partial charge is 0.481 e. The summed E-state index contributed by atoms with van der Waals surface area (Å²) in [4.78, 5) is 38.2. The number of hydrogen-bond donors (Lipinski definition) is 2. The van der Waals surface area contributed by atoms with Crippen molar-refractivity contribution in [1.29, 1.82) is 0 Å². The van der Waals surface area contributed by atoms with E-state index in [4.69, 9.17) is 9.47 Å². The lowest BCUT2D eigenvalue weighted by Crippen LogP contribution is -2.63. The Labute approximate surface area is 204 Å². The van der Waals surface area contributed by atoms with Gasteiger partial charge in [-0.15, -0.1) is 0 Å². The summed E-state index contributed by atoms with van der Waals surface area (Å²) in [5, 5.41) is 12.2. The highest BCUT2D eigenvalue weighted by Gasteiger charge is 2.51. The number of alkyl carbamates (subject to hydrolysis) is 1. The van der Waals surface area contributed by atoms with Gasteiger partial charge in [0, 0.05) is 25.6 Å². The van der Waals surface area contributed by atoms with Gasteiger partial charge in [0.2, 0.25) is 5.91 Å². The summed E-state index contributed by atoms with van der Waals surface area (Å²) >= 11 is 0. The van der Waals surface area contributed by atoms with E-state index in [1.807, 2.05) is 31.2 Å². The van der Waals surface area contributed by atoms with Crippen LogP contribution in [0.1, 0.15) is 36.8 Å². The van der Waals surface area contributed by atoms with Gasteiger partial charge in [-0.2, -0.15) is 0 Å². The minimum atomic E-state index is -0.850. The van der Waals surface area contributed by atoms with Gasteiger partial charge in [-0.25, -0.2) is 4.79 Å². The molecule has 0 spiro atoms. The molecule has 1 aliphatic carbocycles. The molecule has 8 heteroatoms. The summed E-state index contributed by atoms with van der Waals surface area (Å²) in [5.41, 5.74) is 3.84. The van der Waals surface area contributed by atoms with Crippen LogP contribution in [0.25, 0.3) is 11.1 Å². The van der Waals surface area contributed by atoms with Crippen LogP contribution in [0.4, 0.5) is 4.79 Å². The Balaban J connectivity index is 1.08. The predicted molar refractivity (Wildman–Crippen MR) is 128 cm³/mol. The first-order valence-corrected chi connectivity index (χ1v) is 12.1. The average molecular weight is 479 g/mol. The van der Waals surface area contributed by atoms with Crippen molar-refractivity contribution in [2.24, 2.45) is 11.3 Å². The third kappa shape index (κ3) is 4.27. The molecule has 184 valence electrons. The van der Waals surface area contributed by atoms with Crippen LogP contribution in [0.5, 0.6) is 0 Å². The molecule has 2 aromatic carbocycles. The maximum Gasteiger partial charge on any atom is 0.407 e. The van der Waals surface area contributed by atoms with Crippen LogP contribution in [0, 0.1) is 11.3 Å². The summed E-state index contributed by atoms with van der Waals surface area (Å²) < 4.78 is 11.3. The zero-order chi connectivity index (χ0) is 24.6. The highest BCUT2D eigenvalue weighted by Crippen LogP contribution is 2.44. The molecular formula is C27H30N2O6. The molecule has 2 aliphatic heterocycles. The van der Waals surface area contributed by atoms with E-state index < -0.39 is 17.5 Å². The fourth-order valence-corrected chi connectivity index (χ4v) is 5.48. The first-order valence-electron chi connectivity index (χ1n) is 12.1. The number of nitrogens with zero attached hydrogens (tertiary/aromatic N) is 1. The second kappa shape index (κ2) is 9.34. The number of benzene rings is 2. The Morgan fingerprint density at radius 3 is 2.31 bits per heavy atom. The Morgan fingerprint density at radius 1 is 1.09 bits per heavy atom. The number of likely N-dealkylation sites (tertiary alicyclic amines) is 1. The highest BCUT2D eigenvalue weighted by molar-refractivity contribution is 5.85. The molecule has 2 atom stereocenters. The molecular weight excluding hydrogens is 448 g/mol. The number of nitrogens with one attached hydrogen (secondary N) is 1. The van der Waals surface area contributed by atoms with E-state index in [0.717, 1.165) is 11.1 Å². The molecule has 2 N–H and O–H groups in total. The Bertz CT molecular complexity index is 1100. The van der Waals surface area contributed by atoms with Crippen LogP contribution in [0.3, 0.4) is 0 Å². The molecule has 2 saturated heterocycles.